The summed E-state index contributed by atoms with van der Waals surface area (Å²) in [6.45, 7) is 8.50. The van der Waals surface area contributed by atoms with Gasteiger partial charge in [-0.05, 0) is 49.3 Å². The number of amides is 1. The molecule has 1 aromatic rings. The Morgan fingerprint density at radius 1 is 1.45 bits per heavy atom. The normalized spacial score (nSPS) is 14.4. The molecule has 0 bridgehead atoms. The van der Waals surface area contributed by atoms with Crippen LogP contribution in [0.5, 0.6) is 0 Å². The van der Waals surface area contributed by atoms with E-state index < -0.39 is 0 Å². The first-order valence-electron chi connectivity index (χ1n) is 7.58. The summed E-state index contributed by atoms with van der Waals surface area (Å²) in [5.74, 6) is 0.188. The first-order chi connectivity index (χ1) is 9.46. The van der Waals surface area contributed by atoms with Crippen LogP contribution in [0, 0.1) is 5.41 Å². The Balaban J connectivity index is 2.13. The topological polar surface area (TPSA) is 46.3 Å². The quantitative estimate of drug-likeness (QED) is 0.876. The lowest BCUT2D eigenvalue weighted by Crippen LogP contribution is -2.42. The van der Waals surface area contributed by atoms with Crippen molar-refractivity contribution in [2.24, 2.45) is 11.1 Å². The molecule has 3 nitrogen and oxygen atoms in total. The molecule has 112 valence electrons. The summed E-state index contributed by atoms with van der Waals surface area (Å²) in [7, 11) is 0. The standard InChI is InChI=1S/C16H26N2OS/c1-4-8-18(11-16(2,3)10-17)15(19)14-9-12-6-5-7-13(12)20-14/h9H,4-8,10-11,17H2,1-3H3. The third-order valence-electron chi connectivity index (χ3n) is 3.91. The number of hydrogen-bond acceptors (Lipinski definition) is 3. The lowest BCUT2D eigenvalue weighted by atomic mass is 9.93. The highest BCUT2D eigenvalue weighted by Crippen LogP contribution is 2.31. The van der Waals surface area contributed by atoms with E-state index in [1.807, 2.05) is 4.90 Å². The number of hydrogen-bond donors (Lipinski definition) is 1. The van der Waals surface area contributed by atoms with Crippen LogP contribution < -0.4 is 5.73 Å². The SMILES string of the molecule is CCCN(CC(C)(C)CN)C(=O)c1cc2c(s1)CCC2. The second-order valence-electron chi connectivity index (χ2n) is 6.51. The zero-order valence-corrected chi connectivity index (χ0v) is 13.7. The second-order valence-corrected chi connectivity index (χ2v) is 7.64. The molecular formula is C16H26N2OS. The number of aryl methyl sites for hydroxylation is 2. The molecule has 1 aliphatic rings. The van der Waals surface area contributed by atoms with Crippen LogP contribution in [-0.2, 0) is 12.8 Å². The van der Waals surface area contributed by atoms with Crippen LogP contribution in [0.15, 0.2) is 6.07 Å². The zero-order chi connectivity index (χ0) is 14.8. The van der Waals surface area contributed by atoms with E-state index in [1.165, 1.54) is 16.9 Å². The number of carbonyl (C=O) groups excluding carboxylic acids is 1. The van der Waals surface area contributed by atoms with Gasteiger partial charge in [-0.15, -0.1) is 11.3 Å². The van der Waals surface area contributed by atoms with Crippen molar-refractivity contribution in [1.82, 2.24) is 4.90 Å². The van der Waals surface area contributed by atoms with Gasteiger partial charge in [0.1, 0.15) is 0 Å². The van der Waals surface area contributed by atoms with E-state index in [0.29, 0.717) is 6.54 Å². The predicted molar refractivity (Wildman–Crippen MR) is 85.4 cm³/mol. The lowest BCUT2D eigenvalue weighted by Gasteiger charge is -2.31. The van der Waals surface area contributed by atoms with Crippen molar-refractivity contribution in [3.63, 3.8) is 0 Å². The number of rotatable bonds is 6. The maximum absolute atomic E-state index is 12.7. The minimum atomic E-state index is -0.0230. The smallest absolute Gasteiger partial charge is 0.263 e. The molecule has 0 fully saturated rings. The van der Waals surface area contributed by atoms with E-state index >= 15 is 0 Å². The summed E-state index contributed by atoms with van der Waals surface area (Å²) in [5, 5.41) is 0. The number of nitrogens with zero attached hydrogens (tertiary/aromatic N) is 1. The van der Waals surface area contributed by atoms with Crippen molar-refractivity contribution in [1.29, 1.82) is 0 Å². The van der Waals surface area contributed by atoms with Crippen LogP contribution in [0.4, 0.5) is 0 Å². The highest BCUT2D eigenvalue weighted by atomic mass is 32.1. The monoisotopic (exact) mass is 294 g/mol. The predicted octanol–water partition coefficient (Wildman–Crippen LogP) is 3.07. The molecule has 0 atom stereocenters. The minimum absolute atomic E-state index is 0.0230. The first kappa shape index (κ1) is 15.5. The van der Waals surface area contributed by atoms with Gasteiger partial charge in [-0.1, -0.05) is 20.8 Å². The van der Waals surface area contributed by atoms with Gasteiger partial charge in [-0.3, -0.25) is 4.79 Å². The molecule has 0 saturated heterocycles. The fourth-order valence-corrected chi connectivity index (χ4v) is 3.92. The molecule has 0 saturated carbocycles. The van der Waals surface area contributed by atoms with Gasteiger partial charge in [0.25, 0.3) is 5.91 Å². The zero-order valence-electron chi connectivity index (χ0n) is 12.9. The molecule has 2 rings (SSSR count). The van der Waals surface area contributed by atoms with Crippen LogP contribution in [0.2, 0.25) is 0 Å². The molecular weight excluding hydrogens is 268 g/mol. The summed E-state index contributed by atoms with van der Waals surface area (Å²) in [4.78, 5) is 17.0. The number of carbonyl (C=O) groups is 1. The van der Waals surface area contributed by atoms with Crippen molar-refractivity contribution in [2.45, 2.75) is 46.5 Å². The third kappa shape index (κ3) is 3.41. The molecule has 0 aliphatic heterocycles. The van der Waals surface area contributed by atoms with Gasteiger partial charge in [0.05, 0.1) is 4.88 Å². The van der Waals surface area contributed by atoms with E-state index in [9.17, 15) is 4.79 Å². The van der Waals surface area contributed by atoms with Crippen LogP contribution in [0.3, 0.4) is 0 Å². The van der Waals surface area contributed by atoms with E-state index in [1.54, 1.807) is 11.3 Å². The number of fused-ring (bicyclic) bond motifs is 1. The minimum Gasteiger partial charge on any atom is -0.337 e. The Morgan fingerprint density at radius 2 is 2.20 bits per heavy atom. The fourth-order valence-electron chi connectivity index (χ4n) is 2.69. The number of thiophene rings is 1. The Bertz CT molecular complexity index is 457. The Hall–Kier alpha value is -0.870. The van der Waals surface area contributed by atoms with Crippen molar-refractivity contribution in [2.75, 3.05) is 19.6 Å². The van der Waals surface area contributed by atoms with E-state index in [4.69, 9.17) is 5.73 Å². The van der Waals surface area contributed by atoms with Crippen molar-refractivity contribution < 1.29 is 4.79 Å². The molecule has 0 unspecified atom stereocenters. The average molecular weight is 294 g/mol. The van der Waals surface area contributed by atoms with E-state index in [0.717, 1.165) is 37.2 Å². The van der Waals surface area contributed by atoms with Gasteiger partial charge < -0.3 is 10.6 Å². The highest BCUT2D eigenvalue weighted by molar-refractivity contribution is 7.14. The summed E-state index contributed by atoms with van der Waals surface area (Å²) in [6, 6.07) is 2.12. The van der Waals surface area contributed by atoms with Crippen LogP contribution in [0.1, 0.15) is 53.7 Å². The van der Waals surface area contributed by atoms with Crippen molar-refractivity contribution >= 4 is 17.2 Å². The van der Waals surface area contributed by atoms with Gasteiger partial charge in [-0.25, -0.2) is 0 Å². The van der Waals surface area contributed by atoms with E-state index in [2.05, 4.69) is 26.8 Å². The van der Waals surface area contributed by atoms with Crippen molar-refractivity contribution in [3.05, 3.63) is 21.4 Å². The molecule has 1 aliphatic carbocycles. The summed E-state index contributed by atoms with van der Waals surface area (Å²) in [6.07, 6.45) is 4.52. The molecule has 4 heteroatoms. The molecule has 1 amide bonds. The maximum Gasteiger partial charge on any atom is 0.263 e. The molecule has 20 heavy (non-hydrogen) atoms. The average Bonchev–Trinajstić information content (AvgIpc) is 2.98. The summed E-state index contributed by atoms with van der Waals surface area (Å²) < 4.78 is 0. The van der Waals surface area contributed by atoms with E-state index in [-0.39, 0.29) is 11.3 Å². The number of nitrogens with two attached hydrogens (primary N) is 1. The Labute approximate surface area is 126 Å². The largest absolute Gasteiger partial charge is 0.337 e. The maximum atomic E-state index is 12.7. The summed E-state index contributed by atoms with van der Waals surface area (Å²) >= 11 is 1.70. The molecule has 1 heterocycles. The van der Waals surface area contributed by atoms with Gasteiger partial charge in [-0.2, -0.15) is 0 Å². The van der Waals surface area contributed by atoms with Gasteiger partial charge in [0.15, 0.2) is 0 Å². The van der Waals surface area contributed by atoms with Gasteiger partial charge in [0.2, 0.25) is 0 Å². The Kier molecular flexibility index (Phi) is 4.86. The summed E-state index contributed by atoms with van der Waals surface area (Å²) in [5.41, 5.74) is 7.19. The van der Waals surface area contributed by atoms with Crippen LogP contribution in [0.25, 0.3) is 0 Å². The molecule has 1 aromatic heterocycles. The van der Waals surface area contributed by atoms with Crippen molar-refractivity contribution in [3.8, 4) is 0 Å². The third-order valence-corrected chi connectivity index (χ3v) is 5.13. The Morgan fingerprint density at radius 3 is 2.80 bits per heavy atom. The fraction of sp³-hybridized carbons (Fsp3) is 0.688. The van der Waals surface area contributed by atoms with Crippen LogP contribution >= 0.6 is 11.3 Å². The van der Waals surface area contributed by atoms with Gasteiger partial charge in [0, 0.05) is 18.0 Å². The first-order valence-corrected chi connectivity index (χ1v) is 8.39. The van der Waals surface area contributed by atoms with Crippen LogP contribution in [-0.4, -0.2) is 30.4 Å². The molecule has 0 aromatic carbocycles. The lowest BCUT2D eigenvalue weighted by molar-refractivity contribution is 0.0694. The second kappa shape index (κ2) is 6.27. The highest BCUT2D eigenvalue weighted by Gasteiger charge is 2.26. The molecule has 2 N–H and O–H groups in total. The molecule has 0 spiro atoms. The van der Waals surface area contributed by atoms with Gasteiger partial charge >= 0.3 is 0 Å². The molecule has 0 radical (unpaired) electrons.